The number of hydrogen-bond donors (Lipinski definition) is 3. The van der Waals surface area contributed by atoms with E-state index in [9.17, 15) is 0 Å². The Hall–Kier alpha value is -2.27. The molecule has 0 radical (unpaired) electrons. The summed E-state index contributed by atoms with van der Waals surface area (Å²) in [5, 5.41) is 8.07. The van der Waals surface area contributed by atoms with Gasteiger partial charge in [0.15, 0.2) is 5.96 Å². The van der Waals surface area contributed by atoms with E-state index in [-0.39, 0.29) is 0 Å². The Bertz CT molecular complexity index is 816. The van der Waals surface area contributed by atoms with Crippen LogP contribution < -0.4 is 10.6 Å². The van der Waals surface area contributed by atoms with Crippen LogP contribution in [-0.2, 0) is 19.4 Å². The molecule has 126 valence electrons. The third-order valence-electron chi connectivity index (χ3n) is 4.08. The molecule has 3 rings (SSSR count). The second-order valence-corrected chi connectivity index (χ2v) is 6.94. The van der Waals surface area contributed by atoms with Gasteiger partial charge in [-0.25, -0.2) is 0 Å². The Morgan fingerprint density at radius 3 is 2.75 bits per heavy atom. The second-order valence-electron chi connectivity index (χ2n) is 5.68. The van der Waals surface area contributed by atoms with Crippen molar-refractivity contribution < 1.29 is 0 Å². The number of aromatic nitrogens is 1. The van der Waals surface area contributed by atoms with Crippen LogP contribution in [0.4, 0.5) is 0 Å². The number of aromatic amines is 1. The summed E-state index contributed by atoms with van der Waals surface area (Å²) in [6.45, 7) is 3.86. The topological polar surface area (TPSA) is 52.2 Å². The standard InChI is InChI=1S/C19H24N4S/c1-3-15-8-9-16(24-15)13-23-19(20-2)21-11-10-14-12-22-18-7-5-4-6-17(14)18/h4-9,12,22H,3,10-11,13H2,1-2H3,(H2,20,21,23). The summed E-state index contributed by atoms with van der Waals surface area (Å²) < 4.78 is 0. The fraction of sp³-hybridized carbons (Fsp3) is 0.316. The van der Waals surface area contributed by atoms with E-state index in [0.29, 0.717) is 0 Å². The maximum atomic E-state index is 4.30. The van der Waals surface area contributed by atoms with E-state index in [2.05, 4.69) is 70.1 Å². The number of para-hydroxylation sites is 1. The maximum absolute atomic E-state index is 4.30. The number of nitrogens with zero attached hydrogens (tertiary/aromatic N) is 1. The van der Waals surface area contributed by atoms with Crippen LogP contribution in [0.5, 0.6) is 0 Å². The molecule has 0 spiro atoms. The van der Waals surface area contributed by atoms with Gasteiger partial charge in [0.1, 0.15) is 0 Å². The fourth-order valence-corrected chi connectivity index (χ4v) is 3.65. The number of fused-ring (bicyclic) bond motifs is 1. The van der Waals surface area contributed by atoms with Crippen LogP contribution in [0.15, 0.2) is 47.6 Å². The first-order valence-electron chi connectivity index (χ1n) is 8.37. The first kappa shape index (κ1) is 16.6. The largest absolute Gasteiger partial charge is 0.361 e. The second kappa shape index (κ2) is 8.02. The van der Waals surface area contributed by atoms with Crippen LogP contribution in [0.2, 0.25) is 0 Å². The Morgan fingerprint density at radius 2 is 1.96 bits per heavy atom. The lowest BCUT2D eigenvalue weighted by molar-refractivity contribution is 0.801. The molecule has 24 heavy (non-hydrogen) atoms. The Balaban J connectivity index is 1.49. The number of aryl methyl sites for hydroxylation is 1. The minimum atomic E-state index is 0.817. The van der Waals surface area contributed by atoms with E-state index in [0.717, 1.165) is 31.9 Å². The average molecular weight is 340 g/mol. The lowest BCUT2D eigenvalue weighted by atomic mass is 10.1. The normalized spacial score (nSPS) is 11.8. The summed E-state index contributed by atoms with van der Waals surface area (Å²) in [6.07, 6.45) is 4.16. The molecule has 3 aromatic rings. The Labute approximate surface area is 147 Å². The van der Waals surface area contributed by atoms with Crippen LogP contribution in [0.1, 0.15) is 22.2 Å². The molecule has 5 heteroatoms. The molecule has 4 nitrogen and oxygen atoms in total. The molecular weight excluding hydrogens is 316 g/mol. The van der Waals surface area contributed by atoms with Crippen molar-refractivity contribution in [2.75, 3.05) is 13.6 Å². The molecule has 3 N–H and O–H groups in total. The van der Waals surface area contributed by atoms with Gasteiger partial charge in [0.25, 0.3) is 0 Å². The predicted molar refractivity (Wildman–Crippen MR) is 104 cm³/mol. The van der Waals surface area contributed by atoms with Crippen molar-refractivity contribution in [3.05, 3.63) is 57.9 Å². The molecular formula is C19H24N4S. The van der Waals surface area contributed by atoms with Crippen molar-refractivity contribution in [3.63, 3.8) is 0 Å². The van der Waals surface area contributed by atoms with E-state index >= 15 is 0 Å². The Morgan fingerprint density at radius 1 is 1.12 bits per heavy atom. The van der Waals surface area contributed by atoms with Gasteiger partial charge < -0.3 is 15.6 Å². The van der Waals surface area contributed by atoms with Crippen molar-refractivity contribution in [3.8, 4) is 0 Å². The first-order chi connectivity index (χ1) is 11.8. The highest BCUT2D eigenvalue weighted by Crippen LogP contribution is 2.18. The summed E-state index contributed by atoms with van der Waals surface area (Å²) >= 11 is 1.86. The minimum absolute atomic E-state index is 0.817. The molecule has 0 aliphatic rings. The van der Waals surface area contributed by atoms with E-state index in [1.165, 1.54) is 26.2 Å². The molecule has 0 saturated heterocycles. The van der Waals surface area contributed by atoms with E-state index in [1.54, 1.807) is 0 Å². The molecule has 1 aromatic carbocycles. The molecule has 0 saturated carbocycles. The molecule has 2 aromatic heterocycles. The van der Waals surface area contributed by atoms with Crippen LogP contribution in [0, 0.1) is 0 Å². The zero-order chi connectivity index (χ0) is 16.8. The fourth-order valence-electron chi connectivity index (χ4n) is 2.75. The summed E-state index contributed by atoms with van der Waals surface area (Å²) in [4.78, 5) is 10.4. The number of guanidine groups is 1. The van der Waals surface area contributed by atoms with Gasteiger partial charge in [-0.1, -0.05) is 25.1 Å². The lowest BCUT2D eigenvalue weighted by Crippen LogP contribution is -2.37. The highest BCUT2D eigenvalue weighted by molar-refractivity contribution is 7.11. The molecule has 0 amide bonds. The van der Waals surface area contributed by atoms with Crippen molar-refractivity contribution in [2.45, 2.75) is 26.3 Å². The quantitative estimate of drug-likeness (QED) is 0.473. The number of nitrogens with one attached hydrogen (secondary N) is 3. The summed E-state index contributed by atoms with van der Waals surface area (Å²) in [5.74, 6) is 0.848. The first-order valence-corrected chi connectivity index (χ1v) is 9.19. The van der Waals surface area contributed by atoms with E-state index in [1.807, 2.05) is 18.4 Å². The molecule has 0 unspecified atom stereocenters. The summed E-state index contributed by atoms with van der Waals surface area (Å²) in [7, 11) is 1.81. The van der Waals surface area contributed by atoms with Gasteiger partial charge in [0.05, 0.1) is 6.54 Å². The van der Waals surface area contributed by atoms with Crippen molar-refractivity contribution in [1.29, 1.82) is 0 Å². The van der Waals surface area contributed by atoms with Crippen LogP contribution in [0.25, 0.3) is 10.9 Å². The van der Waals surface area contributed by atoms with Crippen LogP contribution >= 0.6 is 11.3 Å². The molecule has 0 aliphatic heterocycles. The van der Waals surface area contributed by atoms with Gasteiger partial charge in [-0.15, -0.1) is 11.3 Å². The highest BCUT2D eigenvalue weighted by Gasteiger charge is 2.04. The number of H-pyrrole nitrogens is 1. The SMILES string of the molecule is CCc1ccc(CNC(=NC)NCCc2c[nH]c3ccccc23)s1. The molecule has 0 bridgehead atoms. The molecule has 0 atom stereocenters. The minimum Gasteiger partial charge on any atom is -0.361 e. The van der Waals surface area contributed by atoms with Crippen molar-refractivity contribution in [2.24, 2.45) is 4.99 Å². The highest BCUT2D eigenvalue weighted by atomic mass is 32.1. The maximum Gasteiger partial charge on any atom is 0.191 e. The number of aliphatic imine (C=N–C) groups is 1. The van der Waals surface area contributed by atoms with Gasteiger partial charge in [0.2, 0.25) is 0 Å². The smallest absolute Gasteiger partial charge is 0.191 e. The van der Waals surface area contributed by atoms with Gasteiger partial charge >= 0.3 is 0 Å². The van der Waals surface area contributed by atoms with Crippen LogP contribution in [-0.4, -0.2) is 24.5 Å². The Kier molecular flexibility index (Phi) is 5.54. The monoisotopic (exact) mass is 340 g/mol. The predicted octanol–water partition coefficient (Wildman–Crippen LogP) is 3.70. The van der Waals surface area contributed by atoms with E-state index < -0.39 is 0 Å². The average Bonchev–Trinajstić information content (AvgIpc) is 3.25. The zero-order valence-electron chi connectivity index (χ0n) is 14.2. The molecule has 0 aliphatic carbocycles. The number of rotatable bonds is 6. The zero-order valence-corrected chi connectivity index (χ0v) is 15.0. The van der Waals surface area contributed by atoms with E-state index in [4.69, 9.17) is 0 Å². The van der Waals surface area contributed by atoms with Gasteiger partial charge in [-0.3, -0.25) is 4.99 Å². The van der Waals surface area contributed by atoms with Crippen molar-refractivity contribution in [1.82, 2.24) is 15.6 Å². The number of hydrogen-bond acceptors (Lipinski definition) is 2. The third kappa shape index (κ3) is 3.97. The molecule has 2 heterocycles. The van der Waals surface area contributed by atoms with Gasteiger partial charge in [-0.05, 0) is 36.6 Å². The lowest BCUT2D eigenvalue weighted by Gasteiger charge is -2.11. The number of thiophene rings is 1. The van der Waals surface area contributed by atoms with Gasteiger partial charge in [0, 0.05) is 40.4 Å². The van der Waals surface area contributed by atoms with Gasteiger partial charge in [-0.2, -0.15) is 0 Å². The summed E-state index contributed by atoms with van der Waals surface area (Å²) in [6, 6.07) is 12.8. The molecule has 0 fully saturated rings. The van der Waals surface area contributed by atoms with Crippen LogP contribution in [0.3, 0.4) is 0 Å². The third-order valence-corrected chi connectivity index (χ3v) is 5.31. The summed E-state index contributed by atoms with van der Waals surface area (Å²) in [5.41, 5.74) is 2.53. The number of benzene rings is 1. The van der Waals surface area contributed by atoms with Crippen molar-refractivity contribution >= 4 is 28.2 Å².